The second kappa shape index (κ2) is 10.1. The third-order valence-electron chi connectivity index (χ3n) is 3.39. The van der Waals surface area contributed by atoms with E-state index in [9.17, 15) is 9.59 Å². The fourth-order valence-electron chi connectivity index (χ4n) is 2.22. The van der Waals surface area contributed by atoms with E-state index in [-0.39, 0.29) is 11.8 Å². The largest absolute Gasteiger partial charge is 0.490 e. The molecule has 2 aromatic carbocycles. The first-order chi connectivity index (χ1) is 12.6. The lowest BCUT2D eigenvalue weighted by atomic mass is 10.1. The molecule has 2 rings (SSSR count). The Kier molecular flexibility index (Phi) is 7.49. The summed E-state index contributed by atoms with van der Waals surface area (Å²) in [5.74, 6) is 0.742. The molecule has 6 nitrogen and oxygen atoms in total. The summed E-state index contributed by atoms with van der Waals surface area (Å²) in [4.78, 5) is 23.9. The van der Waals surface area contributed by atoms with Gasteiger partial charge in [0.05, 0.1) is 5.56 Å². The number of carbonyl (C=O) groups is 2. The molecular formula is C20H24N2O4. The molecule has 0 heterocycles. The lowest BCUT2D eigenvalue weighted by Gasteiger charge is -2.13. The molecule has 0 aliphatic carbocycles. The SMILES string of the molecule is CC(C)CC(=O)NNC(=O)c1ccccc1OCCOc1ccccc1. The van der Waals surface area contributed by atoms with Crippen molar-refractivity contribution in [2.75, 3.05) is 13.2 Å². The Bertz CT molecular complexity index is 717. The summed E-state index contributed by atoms with van der Waals surface area (Å²) in [5.41, 5.74) is 5.17. The minimum Gasteiger partial charge on any atom is -0.490 e. The van der Waals surface area contributed by atoms with Crippen LogP contribution in [0.15, 0.2) is 54.6 Å². The standard InChI is InChI=1S/C20H24N2O4/c1-15(2)14-19(23)21-22-20(24)17-10-6-7-11-18(17)26-13-12-25-16-8-4-3-5-9-16/h3-11,15H,12-14H2,1-2H3,(H,21,23)(H,22,24). The minimum absolute atomic E-state index is 0.215. The summed E-state index contributed by atoms with van der Waals surface area (Å²) in [7, 11) is 0. The Hall–Kier alpha value is -3.02. The molecule has 0 unspecified atom stereocenters. The topological polar surface area (TPSA) is 76.7 Å². The highest BCUT2D eigenvalue weighted by atomic mass is 16.5. The highest BCUT2D eigenvalue weighted by Crippen LogP contribution is 2.17. The van der Waals surface area contributed by atoms with Gasteiger partial charge in [-0.15, -0.1) is 0 Å². The molecule has 0 radical (unpaired) electrons. The molecule has 0 atom stereocenters. The van der Waals surface area contributed by atoms with Crippen molar-refractivity contribution in [1.29, 1.82) is 0 Å². The van der Waals surface area contributed by atoms with Crippen molar-refractivity contribution >= 4 is 11.8 Å². The number of hydrazine groups is 1. The zero-order valence-electron chi connectivity index (χ0n) is 15.0. The third-order valence-corrected chi connectivity index (χ3v) is 3.39. The first-order valence-electron chi connectivity index (χ1n) is 8.55. The van der Waals surface area contributed by atoms with Crippen LogP contribution < -0.4 is 20.3 Å². The quantitative estimate of drug-likeness (QED) is 0.563. The van der Waals surface area contributed by atoms with E-state index in [1.54, 1.807) is 24.3 Å². The molecule has 0 saturated heterocycles. The fraction of sp³-hybridized carbons (Fsp3) is 0.300. The van der Waals surface area contributed by atoms with E-state index in [4.69, 9.17) is 9.47 Å². The molecule has 138 valence electrons. The summed E-state index contributed by atoms with van der Waals surface area (Å²) in [6.07, 6.45) is 0.343. The lowest BCUT2D eigenvalue weighted by molar-refractivity contribution is -0.122. The molecule has 6 heteroatoms. The van der Waals surface area contributed by atoms with Crippen molar-refractivity contribution in [1.82, 2.24) is 10.9 Å². The van der Waals surface area contributed by atoms with Gasteiger partial charge in [-0.3, -0.25) is 20.4 Å². The molecule has 0 aliphatic rings. The average Bonchev–Trinajstić information content (AvgIpc) is 2.64. The second-order valence-electron chi connectivity index (χ2n) is 6.11. The van der Waals surface area contributed by atoms with Crippen LogP contribution in [0.25, 0.3) is 0 Å². The van der Waals surface area contributed by atoms with Gasteiger partial charge in [0.2, 0.25) is 5.91 Å². The van der Waals surface area contributed by atoms with Gasteiger partial charge >= 0.3 is 0 Å². The van der Waals surface area contributed by atoms with Crippen molar-refractivity contribution in [3.05, 3.63) is 60.2 Å². The molecule has 0 fully saturated rings. The molecule has 2 amide bonds. The monoisotopic (exact) mass is 356 g/mol. The molecule has 0 bridgehead atoms. The van der Waals surface area contributed by atoms with Crippen molar-refractivity contribution in [3.63, 3.8) is 0 Å². The number of amides is 2. The molecular weight excluding hydrogens is 332 g/mol. The minimum atomic E-state index is -0.429. The number of hydrogen-bond donors (Lipinski definition) is 2. The molecule has 0 spiro atoms. The number of benzene rings is 2. The number of nitrogens with one attached hydrogen (secondary N) is 2. The van der Waals surface area contributed by atoms with Gasteiger partial charge in [0, 0.05) is 6.42 Å². The van der Waals surface area contributed by atoms with Gasteiger partial charge in [-0.05, 0) is 30.2 Å². The van der Waals surface area contributed by atoms with Gasteiger partial charge in [0.25, 0.3) is 5.91 Å². The van der Waals surface area contributed by atoms with Gasteiger partial charge in [0.1, 0.15) is 24.7 Å². The van der Waals surface area contributed by atoms with Crippen LogP contribution in [0.4, 0.5) is 0 Å². The van der Waals surface area contributed by atoms with Gasteiger partial charge in [0.15, 0.2) is 0 Å². The second-order valence-corrected chi connectivity index (χ2v) is 6.11. The van der Waals surface area contributed by atoms with Crippen LogP contribution in [0.3, 0.4) is 0 Å². The molecule has 0 saturated carbocycles. The third kappa shape index (κ3) is 6.47. The van der Waals surface area contributed by atoms with Crippen LogP contribution in [-0.2, 0) is 4.79 Å². The zero-order valence-corrected chi connectivity index (χ0v) is 15.0. The predicted octanol–water partition coefficient (Wildman–Crippen LogP) is 2.95. The van der Waals surface area contributed by atoms with Gasteiger partial charge in [-0.2, -0.15) is 0 Å². The first-order valence-corrected chi connectivity index (χ1v) is 8.55. The van der Waals surface area contributed by atoms with Crippen molar-refractivity contribution in [2.45, 2.75) is 20.3 Å². The Morgan fingerprint density at radius 2 is 1.54 bits per heavy atom. The highest BCUT2D eigenvalue weighted by molar-refractivity contribution is 5.97. The normalized spacial score (nSPS) is 10.3. The van der Waals surface area contributed by atoms with Crippen LogP contribution >= 0.6 is 0 Å². The molecule has 26 heavy (non-hydrogen) atoms. The van der Waals surface area contributed by atoms with Crippen LogP contribution in [0.2, 0.25) is 0 Å². The first kappa shape index (κ1) is 19.3. The van der Waals surface area contributed by atoms with E-state index < -0.39 is 5.91 Å². The Balaban J connectivity index is 1.84. The van der Waals surface area contributed by atoms with Gasteiger partial charge < -0.3 is 9.47 Å². The van der Waals surface area contributed by atoms with E-state index in [0.29, 0.717) is 30.9 Å². The maximum atomic E-state index is 12.3. The average molecular weight is 356 g/mol. The van der Waals surface area contributed by atoms with E-state index in [0.717, 1.165) is 5.75 Å². The summed E-state index contributed by atoms with van der Waals surface area (Å²) >= 11 is 0. The number of ether oxygens (including phenoxy) is 2. The fourth-order valence-corrected chi connectivity index (χ4v) is 2.22. The number of rotatable bonds is 8. The van der Waals surface area contributed by atoms with Gasteiger partial charge in [-0.25, -0.2) is 0 Å². The molecule has 0 aromatic heterocycles. The molecule has 2 N–H and O–H groups in total. The van der Waals surface area contributed by atoms with Crippen LogP contribution in [0, 0.1) is 5.92 Å². The smallest absolute Gasteiger partial charge is 0.273 e. The Morgan fingerprint density at radius 1 is 0.885 bits per heavy atom. The van der Waals surface area contributed by atoms with Crippen LogP contribution in [0.5, 0.6) is 11.5 Å². The number of para-hydroxylation sites is 2. The summed E-state index contributed by atoms with van der Waals surface area (Å²) in [6.45, 7) is 4.51. The number of hydrogen-bond acceptors (Lipinski definition) is 4. The zero-order chi connectivity index (χ0) is 18.8. The van der Waals surface area contributed by atoms with Crippen molar-refractivity contribution < 1.29 is 19.1 Å². The summed E-state index contributed by atoms with van der Waals surface area (Å²) < 4.78 is 11.2. The van der Waals surface area contributed by atoms with Crippen molar-refractivity contribution in [3.8, 4) is 11.5 Å². The van der Waals surface area contributed by atoms with E-state index >= 15 is 0 Å². The van der Waals surface area contributed by atoms with E-state index in [2.05, 4.69) is 10.9 Å². The lowest BCUT2D eigenvalue weighted by Crippen LogP contribution is -2.42. The molecule has 0 aliphatic heterocycles. The van der Waals surface area contributed by atoms with Crippen molar-refractivity contribution in [2.24, 2.45) is 5.92 Å². The maximum absolute atomic E-state index is 12.3. The highest BCUT2D eigenvalue weighted by Gasteiger charge is 2.13. The Morgan fingerprint density at radius 3 is 2.27 bits per heavy atom. The van der Waals surface area contributed by atoms with E-state index in [1.807, 2.05) is 44.2 Å². The van der Waals surface area contributed by atoms with E-state index in [1.165, 1.54) is 0 Å². The predicted molar refractivity (Wildman–Crippen MR) is 98.9 cm³/mol. The number of carbonyl (C=O) groups excluding carboxylic acids is 2. The van der Waals surface area contributed by atoms with Gasteiger partial charge in [-0.1, -0.05) is 44.2 Å². The molecule has 2 aromatic rings. The maximum Gasteiger partial charge on any atom is 0.273 e. The summed E-state index contributed by atoms with van der Waals surface area (Å²) in [6, 6.07) is 16.3. The summed E-state index contributed by atoms with van der Waals surface area (Å²) in [5, 5.41) is 0. The van der Waals surface area contributed by atoms with Crippen LogP contribution in [-0.4, -0.2) is 25.0 Å². The Labute approximate surface area is 153 Å². The van der Waals surface area contributed by atoms with Crippen LogP contribution in [0.1, 0.15) is 30.6 Å².